The normalized spacial score (nSPS) is 17.2. The van der Waals surface area contributed by atoms with Crippen molar-refractivity contribution in [3.8, 4) is 0 Å². The van der Waals surface area contributed by atoms with Crippen LogP contribution in [-0.4, -0.2) is 23.9 Å². The van der Waals surface area contributed by atoms with Crippen LogP contribution in [0.15, 0.2) is 36.0 Å². The lowest BCUT2D eigenvalue weighted by Gasteiger charge is -2.32. The first-order chi connectivity index (χ1) is 7.86. The highest BCUT2D eigenvalue weighted by atomic mass is 16.2. The summed E-state index contributed by atoms with van der Waals surface area (Å²) in [7, 11) is 0. The van der Waals surface area contributed by atoms with Crippen LogP contribution in [0.5, 0.6) is 0 Å². The summed E-state index contributed by atoms with van der Waals surface area (Å²) in [5, 5.41) is 0. The average molecular weight is 233 g/mol. The third-order valence-electron chi connectivity index (χ3n) is 2.92. The molecule has 0 unspecified atom stereocenters. The Hall–Kier alpha value is -1.31. The van der Waals surface area contributed by atoms with E-state index in [0.717, 1.165) is 18.5 Å². The van der Waals surface area contributed by atoms with E-state index in [9.17, 15) is 4.79 Å². The van der Waals surface area contributed by atoms with Gasteiger partial charge in [-0.15, -0.1) is 0 Å². The molecule has 0 aliphatic carbocycles. The number of allylic oxidation sites excluding steroid dienone is 3. The van der Waals surface area contributed by atoms with Crippen molar-refractivity contribution in [2.45, 2.75) is 34.1 Å². The van der Waals surface area contributed by atoms with Gasteiger partial charge in [-0.1, -0.05) is 45.6 Å². The van der Waals surface area contributed by atoms with Gasteiger partial charge >= 0.3 is 0 Å². The number of nitrogens with zero attached hydrogens (tertiary/aromatic N) is 1. The van der Waals surface area contributed by atoms with Gasteiger partial charge in [-0.25, -0.2) is 0 Å². The van der Waals surface area contributed by atoms with Crippen LogP contribution in [0.4, 0.5) is 0 Å². The molecular formula is C15H23NO. The molecule has 0 aromatic rings. The van der Waals surface area contributed by atoms with Gasteiger partial charge in [0.2, 0.25) is 5.91 Å². The van der Waals surface area contributed by atoms with Gasteiger partial charge in [0.25, 0.3) is 0 Å². The number of amides is 1. The van der Waals surface area contributed by atoms with Crippen LogP contribution >= 0.6 is 0 Å². The summed E-state index contributed by atoms with van der Waals surface area (Å²) in [5.41, 5.74) is 2.04. The Bertz CT molecular complexity index is 369. The van der Waals surface area contributed by atoms with E-state index in [1.165, 1.54) is 5.57 Å². The van der Waals surface area contributed by atoms with E-state index in [4.69, 9.17) is 0 Å². The van der Waals surface area contributed by atoms with Crippen molar-refractivity contribution in [1.82, 2.24) is 4.90 Å². The summed E-state index contributed by atoms with van der Waals surface area (Å²) < 4.78 is 0. The topological polar surface area (TPSA) is 20.3 Å². The van der Waals surface area contributed by atoms with E-state index in [1.807, 2.05) is 44.7 Å². The van der Waals surface area contributed by atoms with Crippen LogP contribution < -0.4 is 0 Å². The third-order valence-corrected chi connectivity index (χ3v) is 2.92. The third kappa shape index (κ3) is 3.58. The number of rotatable bonds is 2. The smallest absolute Gasteiger partial charge is 0.228 e. The lowest BCUT2D eigenvalue weighted by Crippen LogP contribution is -2.41. The fraction of sp³-hybridized carbons (Fsp3) is 0.533. The van der Waals surface area contributed by atoms with E-state index < -0.39 is 0 Å². The van der Waals surface area contributed by atoms with Crippen LogP contribution in [0.25, 0.3) is 0 Å². The summed E-state index contributed by atoms with van der Waals surface area (Å²) in [6.07, 6.45) is 7.05. The molecule has 0 fully saturated rings. The summed E-state index contributed by atoms with van der Waals surface area (Å²) in [6, 6.07) is 0. The first kappa shape index (κ1) is 13.8. The van der Waals surface area contributed by atoms with Crippen molar-refractivity contribution in [3.05, 3.63) is 36.0 Å². The molecule has 0 bridgehead atoms. The Balaban J connectivity index is 2.67. The molecule has 0 radical (unpaired) electrons. The van der Waals surface area contributed by atoms with Crippen molar-refractivity contribution in [1.29, 1.82) is 0 Å². The Morgan fingerprint density at radius 3 is 2.53 bits per heavy atom. The molecule has 0 saturated heterocycles. The molecular weight excluding hydrogens is 210 g/mol. The summed E-state index contributed by atoms with van der Waals surface area (Å²) in [4.78, 5) is 14.0. The van der Waals surface area contributed by atoms with Crippen molar-refractivity contribution in [2.75, 3.05) is 13.1 Å². The molecule has 1 amide bonds. The SMILES string of the molecule is C=C(/C=C\C)C1=CCN(C(=O)C(C)(C)C)CC1. The van der Waals surface area contributed by atoms with Crippen molar-refractivity contribution in [3.63, 3.8) is 0 Å². The lowest BCUT2D eigenvalue weighted by molar-refractivity contribution is -0.139. The van der Waals surface area contributed by atoms with Crippen molar-refractivity contribution in [2.24, 2.45) is 5.41 Å². The van der Waals surface area contributed by atoms with Crippen LogP contribution in [0.1, 0.15) is 34.1 Å². The first-order valence-electron chi connectivity index (χ1n) is 6.16. The van der Waals surface area contributed by atoms with Crippen LogP contribution in [-0.2, 0) is 4.79 Å². The molecule has 1 aliphatic heterocycles. The van der Waals surface area contributed by atoms with Crippen LogP contribution in [0, 0.1) is 5.41 Å². The van der Waals surface area contributed by atoms with Gasteiger partial charge < -0.3 is 4.90 Å². The molecule has 0 aromatic heterocycles. The Labute approximate surface area is 105 Å². The van der Waals surface area contributed by atoms with Gasteiger partial charge in [0.1, 0.15) is 0 Å². The highest BCUT2D eigenvalue weighted by molar-refractivity contribution is 5.81. The standard InChI is InChI=1S/C15H23NO/c1-6-7-12(2)13-8-10-16(11-9-13)14(17)15(3,4)5/h6-8H,2,9-11H2,1,3-5H3/b7-6-. The number of carbonyl (C=O) groups excluding carboxylic acids is 1. The zero-order chi connectivity index (χ0) is 13.1. The molecule has 0 N–H and O–H groups in total. The monoisotopic (exact) mass is 233 g/mol. The minimum atomic E-state index is -0.286. The highest BCUT2D eigenvalue weighted by Crippen LogP contribution is 2.23. The molecule has 1 rings (SSSR count). The molecule has 94 valence electrons. The Morgan fingerprint density at radius 2 is 2.12 bits per heavy atom. The van der Waals surface area contributed by atoms with E-state index in [1.54, 1.807) is 0 Å². The van der Waals surface area contributed by atoms with E-state index in [2.05, 4.69) is 12.7 Å². The molecule has 0 saturated carbocycles. The highest BCUT2D eigenvalue weighted by Gasteiger charge is 2.28. The zero-order valence-corrected chi connectivity index (χ0v) is 11.4. The zero-order valence-electron chi connectivity index (χ0n) is 11.4. The number of hydrogen-bond donors (Lipinski definition) is 0. The maximum Gasteiger partial charge on any atom is 0.228 e. The molecule has 1 aliphatic rings. The molecule has 0 aromatic carbocycles. The summed E-state index contributed by atoms with van der Waals surface area (Å²) >= 11 is 0. The van der Waals surface area contributed by atoms with E-state index >= 15 is 0 Å². The Kier molecular flexibility index (Phi) is 4.33. The molecule has 1 heterocycles. The molecule has 0 atom stereocenters. The van der Waals surface area contributed by atoms with E-state index in [-0.39, 0.29) is 11.3 Å². The largest absolute Gasteiger partial charge is 0.338 e. The predicted molar refractivity (Wildman–Crippen MR) is 72.7 cm³/mol. The fourth-order valence-electron chi connectivity index (χ4n) is 1.93. The van der Waals surface area contributed by atoms with Gasteiger partial charge in [-0.2, -0.15) is 0 Å². The van der Waals surface area contributed by atoms with Gasteiger partial charge in [0.05, 0.1) is 0 Å². The van der Waals surface area contributed by atoms with Crippen molar-refractivity contribution >= 4 is 5.91 Å². The predicted octanol–water partition coefficient (Wildman–Crippen LogP) is 3.32. The average Bonchev–Trinajstić information content (AvgIpc) is 2.27. The minimum absolute atomic E-state index is 0.226. The van der Waals surface area contributed by atoms with Gasteiger partial charge in [-0.05, 0) is 24.5 Å². The second-order valence-electron chi connectivity index (χ2n) is 5.51. The maximum atomic E-state index is 12.1. The molecule has 17 heavy (non-hydrogen) atoms. The van der Waals surface area contributed by atoms with Gasteiger partial charge in [0.15, 0.2) is 0 Å². The molecule has 2 heteroatoms. The maximum absolute atomic E-state index is 12.1. The minimum Gasteiger partial charge on any atom is -0.338 e. The fourth-order valence-corrected chi connectivity index (χ4v) is 1.93. The van der Waals surface area contributed by atoms with Crippen molar-refractivity contribution < 1.29 is 4.79 Å². The summed E-state index contributed by atoms with van der Waals surface area (Å²) in [6.45, 7) is 13.4. The Morgan fingerprint density at radius 1 is 1.47 bits per heavy atom. The number of carbonyl (C=O) groups is 1. The first-order valence-corrected chi connectivity index (χ1v) is 6.16. The second-order valence-corrected chi connectivity index (χ2v) is 5.51. The second kappa shape index (κ2) is 5.35. The molecule has 2 nitrogen and oxygen atoms in total. The quantitative estimate of drug-likeness (QED) is 0.670. The van der Waals surface area contributed by atoms with Gasteiger partial charge in [0, 0.05) is 18.5 Å². The lowest BCUT2D eigenvalue weighted by atomic mass is 9.93. The summed E-state index contributed by atoms with van der Waals surface area (Å²) in [5.74, 6) is 0.226. The van der Waals surface area contributed by atoms with E-state index in [0.29, 0.717) is 6.54 Å². The molecule has 0 spiro atoms. The van der Waals surface area contributed by atoms with Crippen LogP contribution in [0.2, 0.25) is 0 Å². The van der Waals surface area contributed by atoms with Gasteiger partial charge in [-0.3, -0.25) is 4.79 Å². The number of hydrogen-bond acceptors (Lipinski definition) is 1. The van der Waals surface area contributed by atoms with Crippen LogP contribution in [0.3, 0.4) is 0 Å².